The number of ether oxygens (including phenoxy) is 1. The van der Waals surface area contributed by atoms with Crippen molar-refractivity contribution < 1.29 is 29.0 Å². The van der Waals surface area contributed by atoms with Crippen molar-refractivity contribution in [2.24, 2.45) is 34.0 Å². The molecule has 138 valence electrons. The zero-order chi connectivity index (χ0) is 18.8. The number of fused-ring (bicyclic) bond motifs is 2. The van der Waals surface area contributed by atoms with E-state index in [-0.39, 0.29) is 41.3 Å². The Morgan fingerprint density at radius 2 is 1.88 bits per heavy atom. The highest BCUT2D eigenvalue weighted by Gasteiger charge is 2.84. The van der Waals surface area contributed by atoms with E-state index in [0.29, 0.717) is 12.8 Å². The second-order valence-electron chi connectivity index (χ2n) is 9.41. The molecule has 4 saturated carbocycles. The van der Waals surface area contributed by atoms with Crippen molar-refractivity contribution in [1.82, 2.24) is 0 Å². The molecule has 0 aromatic rings. The summed E-state index contributed by atoms with van der Waals surface area (Å²) in [5, 5.41) is 11.0. The number of ketones is 3. The SMILES string of the molecule is C=C1C(=O)C23C4CC5C(C)(C)CCC(=O)C5(C(=O)O4)C2C(=O)CC1C3O. The topological polar surface area (TPSA) is 97.7 Å². The lowest BCUT2D eigenvalue weighted by atomic mass is 9.37. The fraction of sp³-hybridized carbons (Fsp3) is 0.700. The third-order valence-corrected chi connectivity index (χ3v) is 8.20. The highest BCUT2D eigenvalue weighted by atomic mass is 16.6. The largest absolute Gasteiger partial charge is 0.460 e. The van der Waals surface area contributed by atoms with Crippen LogP contribution in [-0.2, 0) is 23.9 Å². The van der Waals surface area contributed by atoms with Crippen LogP contribution in [-0.4, -0.2) is 40.6 Å². The molecular formula is C20H22O6. The van der Waals surface area contributed by atoms with Gasteiger partial charge in [-0.05, 0) is 29.7 Å². The maximum absolute atomic E-state index is 13.2. The van der Waals surface area contributed by atoms with Gasteiger partial charge in [-0.25, -0.2) is 0 Å². The van der Waals surface area contributed by atoms with Crippen LogP contribution in [0.4, 0.5) is 0 Å². The summed E-state index contributed by atoms with van der Waals surface area (Å²) >= 11 is 0. The number of rotatable bonds is 0. The van der Waals surface area contributed by atoms with Crippen LogP contribution in [0, 0.1) is 34.0 Å². The first-order chi connectivity index (χ1) is 12.1. The van der Waals surface area contributed by atoms with Gasteiger partial charge < -0.3 is 9.84 Å². The van der Waals surface area contributed by atoms with E-state index < -0.39 is 46.6 Å². The molecule has 6 nitrogen and oxygen atoms in total. The number of Topliss-reactive ketones (excluding diaryl/α,β-unsaturated/α-hetero) is 3. The van der Waals surface area contributed by atoms with Crippen molar-refractivity contribution in [1.29, 1.82) is 0 Å². The summed E-state index contributed by atoms with van der Waals surface area (Å²) in [5.41, 5.74) is -3.26. The highest BCUT2D eigenvalue weighted by molar-refractivity contribution is 6.17. The molecule has 1 N–H and O–H groups in total. The fourth-order valence-electron chi connectivity index (χ4n) is 7.05. The summed E-state index contributed by atoms with van der Waals surface area (Å²) in [7, 11) is 0. The van der Waals surface area contributed by atoms with Crippen molar-refractivity contribution >= 4 is 23.3 Å². The van der Waals surface area contributed by atoms with E-state index in [4.69, 9.17) is 4.74 Å². The predicted octanol–water partition coefficient (Wildman–Crippen LogP) is 0.999. The van der Waals surface area contributed by atoms with Gasteiger partial charge in [0.25, 0.3) is 0 Å². The molecule has 0 aromatic heterocycles. The summed E-state index contributed by atoms with van der Waals surface area (Å²) in [6.45, 7) is 7.83. The number of hydrogen-bond donors (Lipinski definition) is 1. The first kappa shape index (κ1) is 16.4. The Hall–Kier alpha value is -1.82. The fourth-order valence-corrected chi connectivity index (χ4v) is 7.05. The van der Waals surface area contributed by atoms with Crippen molar-refractivity contribution in [3.8, 4) is 0 Å². The average molecular weight is 358 g/mol. The molecule has 6 fully saturated rings. The molecule has 2 aliphatic heterocycles. The standard InChI is InChI=1S/C20H22O6/c1-8-9-6-10(21)14-19-11(18(2,3)5-4-12(19)22)7-13(26-17(19)25)20(14,15(8)23)16(9)24/h9,11,13-14,16,24H,1,4-7H2,2-3H3. The van der Waals surface area contributed by atoms with E-state index in [9.17, 15) is 24.3 Å². The number of hydrogen-bond acceptors (Lipinski definition) is 6. The maximum atomic E-state index is 13.2. The van der Waals surface area contributed by atoms with E-state index in [1.807, 2.05) is 13.8 Å². The first-order valence-electron chi connectivity index (χ1n) is 9.30. The molecule has 26 heavy (non-hydrogen) atoms. The smallest absolute Gasteiger partial charge is 0.321 e. The van der Waals surface area contributed by atoms with Crippen LogP contribution in [0.2, 0.25) is 0 Å². The van der Waals surface area contributed by atoms with Gasteiger partial charge in [0.15, 0.2) is 11.6 Å². The van der Waals surface area contributed by atoms with E-state index in [1.54, 1.807) is 0 Å². The molecule has 6 heteroatoms. The molecule has 7 unspecified atom stereocenters. The zero-order valence-corrected chi connectivity index (χ0v) is 14.9. The van der Waals surface area contributed by atoms with Gasteiger partial charge >= 0.3 is 5.97 Å². The third kappa shape index (κ3) is 1.34. The van der Waals surface area contributed by atoms with Gasteiger partial charge in [-0.2, -0.15) is 0 Å². The van der Waals surface area contributed by atoms with Crippen molar-refractivity contribution in [2.75, 3.05) is 0 Å². The lowest BCUT2D eigenvalue weighted by Gasteiger charge is -2.66. The van der Waals surface area contributed by atoms with E-state index in [0.717, 1.165) is 0 Å². The number of carbonyl (C=O) groups is 4. The summed E-state index contributed by atoms with van der Waals surface area (Å²) in [4.78, 5) is 52.7. The van der Waals surface area contributed by atoms with Gasteiger partial charge in [-0.3, -0.25) is 19.2 Å². The van der Waals surface area contributed by atoms with E-state index >= 15 is 0 Å². The molecule has 2 spiro atoms. The Morgan fingerprint density at radius 3 is 2.58 bits per heavy atom. The van der Waals surface area contributed by atoms with Gasteiger partial charge in [0.05, 0.1) is 12.0 Å². The molecule has 4 aliphatic carbocycles. The number of esters is 1. The summed E-state index contributed by atoms with van der Waals surface area (Å²) in [6, 6.07) is 0. The summed E-state index contributed by atoms with van der Waals surface area (Å²) < 4.78 is 5.60. The molecule has 2 saturated heterocycles. The van der Waals surface area contributed by atoms with Crippen LogP contribution in [0.1, 0.15) is 39.5 Å². The van der Waals surface area contributed by atoms with Gasteiger partial charge in [0.2, 0.25) is 0 Å². The molecule has 0 aromatic carbocycles. The molecule has 7 atom stereocenters. The number of aliphatic hydroxyl groups excluding tert-OH is 1. The third-order valence-electron chi connectivity index (χ3n) is 8.20. The van der Waals surface area contributed by atoms with Gasteiger partial charge in [-0.1, -0.05) is 20.4 Å². The number of aliphatic hydroxyl groups is 1. The molecule has 2 heterocycles. The Morgan fingerprint density at radius 1 is 1.19 bits per heavy atom. The molecule has 0 radical (unpaired) electrons. The van der Waals surface area contributed by atoms with Crippen LogP contribution in [0.15, 0.2) is 12.2 Å². The van der Waals surface area contributed by atoms with Crippen LogP contribution in [0.3, 0.4) is 0 Å². The van der Waals surface area contributed by atoms with Crippen molar-refractivity contribution in [3.63, 3.8) is 0 Å². The van der Waals surface area contributed by atoms with Gasteiger partial charge in [-0.15, -0.1) is 0 Å². The van der Waals surface area contributed by atoms with E-state index in [1.165, 1.54) is 0 Å². The summed E-state index contributed by atoms with van der Waals surface area (Å²) in [6.07, 6.45) is -0.891. The minimum atomic E-state index is -1.64. The van der Waals surface area contributed by atoms with Crippen molar-refractivity contribution in [3.05, 3.63) is 12.2 Å². The Kier molecular flexibility index (Phi) is 2.74. The quantitative estimate of drug-likeness (QED) is 0.394. The predicted molar refractivity (Wildman–Crippen MR) is 87.6 cm³/mol. The molecule has 0 amide bonds. The summed E-state index contributed by atoms with van der Waals surface area (Å²) in [5.74, 6) is -3.75. The van der Waals surface area contributed by atoms with Crippen LogP contribution < -0.4 is 0 Å². The first-order valence-corrected chi connectivity index (χ1v) is 9.30. The average Bonchev–Trinajstić information content (AvgIpc) is 2.70. The second-order valence-corrected chi connectivity index (χ2v) is 9.41. The zero-order valence-electron chi connectivity index (χ0n) is 14.9. The maximum Gasteiger partial charge on any atom is 0.321 e. The van der Waals surface area contributed by atoms with Crippen molar-refractivity contribution in [2.45, 2.75) is 51.7 Å². The Balaban J connectivity index is 1.83. The number of carbonyl (C=O) groups excluding carboxylic acids is 4. The lowest BCUT2D eigenvalue weighted by Crippen LogP contribution is -2.78. The minimum absolute atomic E-state index is 0.0413. The monoisotopic (exact) mass is 358 g/mol. The second kappa shape index (κ2) is 4.35. The van der Waals surface area contributed by atoms with Crippen LogP contribution >= 0.6 is 0 Å². The van der Waals surface area contributed by atoms with E-state index in [2.05, 4.69) is 6.58 Å². The molecule has 6 rings (SSSR count). The molecule has 6 aliphatic rings. The minimum Gasteiger partial charge on any atom is -0.460 e. The highest BCUT2D eigenvalue weighted by Crippen LogP contribution is 2.72. The van der Waals surface area contributed by atoms with Gasteiger partial charge in [0, 0.05) is 18.8 Å². The Bertz CT molecular complexity index is 814. The van der Waals surface area contributed by atoms with Gasteiger partial charge in [0.1, 0.15) is 22.7 Å². The molecule has 4 bridgehead atoms. The Labute approximate surface area is 151 Å². The van der Waals surface area contributed by atoms with Crippen LogP contribution in [0.25, 0.3) is 0 Å². The normalized spacial score (nSPS) is 51.2. The van der Waals surface area contributed by atoms with Crippen LogP contribution in [0.5, 0.6) is 0 Å². The molecular weight excluding hydrogens is 336 g/mol. The lowest BCUT2D eigenvalue weighted by molar-refractivity contribution is -0.264.